The fraction of sp³-hybridized carbons (Fsp3) is 0.500. The van der Waals surface area contributed by atoms with E-state index in [-0.39, 0.29) is 6.04 Å². The van der Waals surface area contributed by atoms with Crippen LogP contribution in [-0.4, -0.2) is 25.8 Å². The standard InChI is InChI=1S/C14H21N5/c1-11(2)9-19-14(17-10-18-19)7-13(15)6-12-4-3-5-16-8-12/h3-5,8,10-11,13H,6-7,9,15H2,1-2H3. The summed E-state index contributed by atoms with van der Waals surface area (Å²) < 4.78 is 1.95. The van der Waals surface area contributed by atoms with Gasteiger partial charge in [-0.3, -0.25) is 4.98 Å². The molecule has 2 rings (SSSR count). The van der Waals surface area contributed by atoms with Crippen LogP contribution >= 0.6 is 0 Å². The Morgan fingerprint density at radius 3 is 2.84 bits per heavy atom. The van der Waals surface area contributed by atoms with Crippen molar-refractivity contribution in [2.24, 2.45) is 11.7 Å². The minimum Gasteiger partial charge on any atom is -0.327 e. The first-order valence-electron chi connectivity index (χ1n) is 6.66. The van der Waals surface area contributed by atoms with E-state index in [1.54, 1.807) is 12.5 Å². The van der Waals surface area contributed by atoms with Gasteiger partial charge in [0.1, 0.15) is 12.2 Å². The van der Waals surface area contributed by atoms with Crippen LogP contribution in [0.25, 0.3) is 0 Å². The third-order valence-corrected chi connectivity index (χ3v) is 2.90. The first-order chi connectivity index (χ1) is 9.15. The molecule has 5 nitrogen and oxygen atoms in total. The molecule has 0 saturated heterocycles. The van der Waals surface area contributed by atoms with E-state index < -0.39 is 0 Å². The third kappa shape index (κ3) is 4.13. The number of aromatic nitrogens is 4. The second-order valence-electron chi connectivity index (χ2n) is 5.28. The fourth-order valence-electron chi connectivity index (χ4n) is 2.07. The molecule has 102 valence electrons. The van der Waals surface area contributed by atoms with Crippen molar-refractivity contribution in [2.75, 3.05) is 0 Å². The Hall–Kier alpha value is -1.75. The van der Waals surface area contributed by atoms with Crippen molar-refractivity contribution in [1.29, 1.82) is 0 Å². The zero-order valence-electron chi connectivity index (χ0n) is 11.5. The van der Waals surface area contributed by atoms with E-state index in [2.05, 4.69) is 28.9 Å². The molecule has 0 aliphatic heterocycles. The molecule has 0 amide bonds. The molecule has 0 aromatic carbocycles. The van der Waals surface area contributed by atoms with Gasteiger partial charge in [-0.15, -0.1) is 0 Å². The number of hydrogen-bond acceptors (Lipinski definition) is 4. The lowest BCUT2D eigenvalue weighted by molar-refractivity contribution is 0.457. The molecule has 0 bridgehead atoms. The maximum absolute atomic E-state index is 6.19. The molecule has 0 saturated carbocycles. The third-order valence-electron chi connectivity index (χ3n) is 2.90. The molecule has 1 unspecified atom stereocenters. The summed E-state index contributed by atoms with van der Waals surface area (Å²) in [7, 11) is 0. The Kier molecular flexibility index (Phi) is 4.63. The van der Waals surface area contributed by atoms with Gasteiger partial charge in [0, 0.05) is 31.4 Å². The van der Waals surface area contributed by atoms with Gasteiger partial charge in [-0.25, -0.2) is 9.67 Å². The molecule has 2 aromatic heterocycles. The minimum atomic E-state index is 0.0410. The molecule has 0 aliphatic carbocycles. The number of rotatable bonds is 6. The van der Waals surface area contributed by atoms with Crippen molar-refractivity contribution in [1.82, 2.24) is 19.7 Å². The van der Waals surface area contributed by atoms with Crippen LogP contribution in [-0.2, 0) is 19.4 Å². The van der Waals surface area contributed by atoms with Gasteiger partial charge in [-0.05, 0) is 24.0 Å². The molecular formula is C14H21N5. The van der Waals surface area contributed by atoms with Crippen molar-refractivity contribution in [3.8, 4) is 0 Å². The molecular weight excluding hydrogens is 238 g/mol. The van der Waals surface area contributed by atoms with E-state index in [0.717, 1.165) is 30.8 Å². The van der Waals surface area contributed by atoms with Gasteiger partial charge >= 0.3 is 0 Å². The number of nitrogens with zero attached hydrogens (tertiary/aromatic N) is 4. The summed E-state index contributed by atoms with van der Waals surface area (Å²) in [6, 6.07) is 4.02. The van der Waals surface area contributed by atoms with Gasteiger partial charge in [0.15, 0.2) is 0 Å². The quantitative estimate of drug-likeness (QED) is 0.852. The van der Waals surface area contributed by atoms with Crippen LogP contribution < -0.4 is 5.73 Å². The highest BCUT2D eigenvalue weighted by atomic mass is 15.3. The van der Waals surface area contributed by atoms with Gasteiger partial charge in [0.05, 0.1) is 0 Å². The molecule has 19 heavy (non-hydrogen) atoms. The largest absolute Gasteiger partial charge is 0.327 e. The fourth-order valence-corrected chi connectivity index (χ4v) is 2.07. The Labute approximate surface area is 113 Å². The average molecular weight is 259 g/mol. The van der Waals surface area contributed by atoms with Crippen molar-refractivity contribution >= 4 is 0 Å². The second kappa shape index (κ2) is 6.43. The van der Waals surface area contributed by atoms with Crippen LogP contribution in [0.15, 0.2) is 30.9 Å². The van der Waals surface area contributed by atoms with E-state index in [4.69, 9.17) is 5.73 Å². The summed E-state index contributed by atoms with van der Waals surface area (Å²) in [6.07, 6.45) is 6.78. The summed E-state index contributed by atoms with van der Waals surface area (Å²) in [6.45, 7) is 5.22. The number of hydrogen-bond donors (Lipinski definition) is 1. The molecule has 2 heterocycles. The zero-order chi connectivity index (χ0) is 13.7. The molecule has 2 N–H and O–H groups in total. The van der Waals surface area contributed by atoms with E-state index in [1.165, 1.54) is 0 Å². The van der Waals surface area contributed by atoms with E-state index >= 15 is 0 Å². The number of pyridine rings is 1. The lowest BCUT2D eigenvalue weighted by Gasteiger charge is -2.13. The Bertz CT molecular complexity index is 492. The molecule has 0 spiro atoms. The van der Waals surface area contributed by atoms with Gasteiger partial charge < -0.3 is 5.73 Å². The monoisotopic (exact) mass is 259 g/mol. The van der Waals surface area contributed by atoms with Gasteiger partial charge in [-0.1, -0.05) is 19.9 Å². The van der Waals surface area contributed by atoms with Crippen LogP contribution in [0.1, 0.15) is 25.2 Å². The van der Waals surface area contributed by atoms with Gasteiger partial charge in [0.2, 0.25) is 0 Å². The average Bonchev–Trinajstić information content (AvgIpc) is 2.77. The van der Waals surface area contributed by atoms with Crippen LogP contribution in [0.3, 0.4) is 0 Å². The Morgan fingerprint density at radius 1 is 1.32 bits per heavy atom. The lowest BCUT2D eigenvalue weighted by Crippen LogP contribution is -2.27. The Morgan fingerprint density at radius 2 is 2.16 bits per heavy atom. The van der Waals surface area contributed by atoms with Crippen molar-refractivity contribution < 1.29 is 0 Å². The smallest absolute Gasteiger partial charge is 0.138 e. The van der Waals surface area contributed by atoms with Crippen molar-refractivity contribution in [2.45, 2.75) is 39.3 Å². The highest BCUT2D eigenvalue weighted by Gasteiger charge is 2.11. The topological polar surface area (TPSA) is 69.6 Å². The second-order valence-corrected chi connectivity index (χ2v) is 5.28. The normalized spacial score (nSPS) is 12.8. The van der Waals surface area contributed by atoms with Gasteiger partial charge in [0.25, 0.3) is 0 Å². The molecule has 0 aliphatic rings. The number of nitrogens with two attached hydrogens (primary N) is 1. The van der Waals surface area contributed by atoms with E-state index in [0.29, 0.717) is 5.92 Å². The highest BCUT2D eigenvalue weighted by Crippen LogP contribution is 2.07. The van der Waals surface area contributed by atoms with Crippen LogP contribution in [0.2, 0.25) is 0 Å². The Balaban J connectivity index is 1.95. The minimum absolute atomic E-state index is 0.0410. The molecule has 5 heteroatoms. The summed E-state index contributed by atoms with van der Waals surface area (Å²) in [4.78, 5) is 8.41. The zero-order valence-corrected chi connectivity index (χ0v) is 11.5. The summed E-state index contributed by atoms with van der Waals surface area (Å²) in [5, 5.41) is 4.25. The summed E-state index contributed by atoms with van der Waals surface area (Å²) in [5.41, 5.74) is 7.35. The predicted octanol–water partition coefficient (Wildman–Crippen LogP) is 1.44. The highest BCUT2D eigenvalue weighted by molar-refractivity contribution is 5.10. The van der Waals surface area contributed by atoms with Crippen molar-refractivity contribution in [3.05, 3.63) is 42.2 Å². The molecule has 0 radical (unpaired) electrons. The first kappa shape index (κ1) is 13.7. The maximum Gasteiger partial charge on any atom is 0.138 e. The maximum atomic E-state index is 6.19. The molecule has 1 atom stereocenters. The summed E-state index contributed by atoms with van der Waals surface area (Å²) >= 11 is 0. The van der Waals surface area contributed by atoms with Gasteiger partial charge in [-0.2, -0.15) is 5.10 Å². The van der Waals surface area contributed by atoms with E-state index in [9.17, 15) is 0 Å². The van der Waals surface area contributed by atoms with Crippen LogP contribution in [0.5, 0.6) is 0 Å². The first-order valence-corrected chi connectivity index (χ1v) is 6.66. The molecule has 2 aromatic rings. The van der Waals surface area contributed by atoms with E-state index in [1.807, 2.05) is 23.0 Å². The van der Waals surface area contributed by atoms with Crippen LogP contribution in [0.4, 0.5) is 0 Å². The SMILES string of the molecule is CC(C)Cn1ncnc1CC(N)Cc1cccnc1. The van der Waals surface area contributed by atoms with Crippen molar-refractivity contribution in [3.63, 3.8) is 0 Å². The van der Waals surface area contributed by atoms with Crippen LogP contribution in [0, 0.1) is 5.92 Å². The summed E-state index contributed by atoms with van der Waals surface area (Å²) in [5.74, 6) is 1.51. The lowest BCUT2D eigenvalue weighted by atomic mass is 10.1. The molecule has 0 fully saturated rings. The predicted molar refractivity (Wildman–Crippen MR) is 74.5 cm³/mol.